The minimum absolute atomic E-state index is 0.241. The minimum atomic E-state index is -4.70. The summed E-state index contributed by atoms with van der Waals surface area (Å²) in [5, 5.41) is 3.79. The number of anilines is 1. The SMILES string of the molecule is CCNc1c(C)c(C)nc2ccc(OC(F)(F)F)cc12. The Morgan fingerprint density at radius 1 is 1.25 bits per heavy atom. The molecule has 0 bridgehead atoms. The Kier molecular flexibility index (Phi) is 3.74. The minimum Gasteiger partial charge on any atom is -0.406 e. The number of nitrogens with one attached hydrogen (secondary N) is 1. The van der Waals surface area contributed by atoms with Gasteiger partial charge in [-0.1, -0.05) is 0 Å². The van der Waals surface area contributed by atoms with Gasteiger partial charge in [0.25, 0.3) is 0 Å². The molecule has 0 amide bonds. The van der Waals surface area contributed by atoms with Crippen LogP contribution in [0.2, 0.25) is 0 Å². The van der Waals surface area contributed by atoms with E-state index in [1.165, 1.54) is 18.2 Å². The second kappa shape index (κ2) is 5.19. The van der Waals surface area contributed by atoms with Crippen LogP contribution in [-0.4, -0.2) is 17.9 Å². The number of hydrogen-bond acceptors (Lipinski definition) is 3. The van der Waals surface area contributed by atoms with Crippen LogP contribution in [0.15, 0.2) is 18.2 Å². The van der Waals surface area contributed by atoms with Gasteiger partial charge in [-0.15, -0.1) is 13.2 Å². The molecule has 1 aromatic heterocycles. The number of rotatable bonds is 3. The van der Waals surface area contributed by atoms with Gasteiger partial charge < -0.3 is 10.1 Å². The number of halogens is 3. The molecule has 20 heavy (non-hydrogen) atoms. The van der Waals surface area contributed by atoms with Gasteiger partial charge >= 0.3 is 6.36 Å². The van der Waals surface area contributed by atoms with Crippen LogP contribution in [0.1, 0.15) is 18.2 Å². The average molecular weight is 284 g/mol. The van der Waals surface area contributed by atoms with Gasteiger partial charge in [-0.2, -0.15) is 0 Å². The van der Waals surface area contributed by atoms with Crippen molar-refractivity contribution in [3.63, 3.8) is 0 Å². The molecule has 1 N–H and O–H groups in total. The van der Waals surface area contributed by atoms with Gasteiger partial charge in [0.1, 0.15) is 5.75 Å². The van der Waals surface area contributed by atoms with Crippen molar-refractivity contribution in [1.82, 2.24) is 4.98 Å². The zero-order valence-electron chi connectivity index (χ0n) is 11.4. The number of alkyl halides is 3. The first-order chi connectivity index (χ1) is 9.31. The van der Waals surface area contributed by atoms with Crippen molar-refractivity contribution in [2.45, 2.75) is 27.1 Å². The number of pyridine rings is 1. The molecule has 108 valence electrons. The van der Waals surface area contributed by atoms with E-state index in [2.05, 4.69) is 15.0 Å². The van der Waals surface area contributed by atoms with Gasteiger partial charge in [0.15, 0.2) is 0 Å². The third kappa shape index (κ3) is 2.95. The smallest absolute Gasteiger partial charge is 0.406 e. The Bertz CT molecular complexity index is 638. The largest absolute Gasteiger partial charge is 0.573 e. The fourth-order valence-electron chi connectivity index (χ4n) is 2.06. The summed E-state index contributed by atoms with van der Waals surface area (Å²) in [5.74, 6) is -0.241. The monoisotopic (exact) mass is 284 g/mol. The number of fused-ring (bicyclic) bond motifs is 1. The maximum absolute atomic E-state index is 12.3. The van der Waals surface area contributed by atoms with Crippen LogP contribution in [0.5, 0.6) is 5.75 Å². The molecule has 0 aliphatic carbocycles. The molecule has 0 spiro atoms. The molecule has 0 saturated carbocycles. The third-order valence-electron chi connectivity index (χ3n) is 3.03. The first-order valence-electron chi connectivity index (χ1n) is 6.22. The van der Waals surface area contributed by atoms with Crippen LogP contribution < -0.4 is 10.1 Å². The summed E-state index contributed by atoms with van der Waals surface area (Å²) in [5.41, 5.74) is 3.20. The molecule has 0 atom stereocenters. The fourth-order valence-corrected chi connectivity index (χ4v) is 2.06. The van der Waals surface area contributed by atoms with Gasteiger partial charge in [-0.25, -0.2) is 0 Å². The highest BCUT2D eigenvalue weighted by Crippen LogP contribution is 2.32. The van der Waals surface area contributed by atoms with E-state index >= 15 is 0 Å². The van der Waals surface area contributed by atoms with E-state index in [4.69, 9.17) is 0 Å². The maximum atomic E-state index is 12.3. The lowest BCUT2D eigenvalue weighted by molar-refractivity contribution is -0.274. The Balaban J connectivity index is 2.60. The van der Waals surface area contributed by atoms with Gasteiger partial charge in [0, 0.05) is 23.3 Å². The number of nitrogens with zero attached hydrogens (tertiary/aromatic N) is 1. The van der Waals surface area contributed by atoms with Crippen molar-refractivity contribution >= 4 is 16.6 Å². The van der Waals surface area contributed by atoms with Crippen LogP contribution in [0.4, 0.5) is 18.9 Å². The lowest BCUT2D eigenvalue weighted by Gasteiger charge is -2.15. The molecule has 2 rings (SSSR count). The maximum Gasteiger partial charge on any atom is 0.573 e. The standard InChI is InChI=1S/C14H15F3N2O/c1-4-18-13-8(2)9(3)19-12-6-5-10(7-11(12)13)20-14(15,16)17/h5-7H,4H2,1-3H3,(H,18,19). The molecule has 1 heterocycles. The van der Waals surface area contributed by atoms with E-state index in [0.29, 0.717) is 17.4 Å². The van der Waals surface area contributed by atoms with Crippen LogP contribution in [0.3, 0.4) is 0 Å². The van der Waals surface area contributed by atoms with Crippen molar-refractivity contribution in [1.29, 1.82) is 0 Å². The molecule has 0 fully saturated rings. The van der Waals surface area contributed by atoms with E-state index < -0.39 is 6.36 Å². The number of aryl methyl sites for hydroxylation is 1. The van der Waals surface area contributed by atoms with Gasteiger partial charge in [-0.05, 0) is 44.5 Å². The van der Waals surface area contributed by atoms with Crippen LogP contribution >= 0.6 is 0 Å². The van der Waals surface area contributed by atoms with Crippen molar-refractivity contribution < 1.29 is 17.9 Å². The Hall–Kier alpha value is -1.98. The van der Waals surface area contributed by atoms with Crippen molar-refractivity contribution in [3.8, 4) is 5.75 Å². The second-order valence-electron chi connectivity index (χ2n) is 4.45. The molecule has 0 unspecified atom stereocenters. The molecule has 6 heteroatoms. The van der Waals surface area contributed by atoms with Gasteiger partial charge in [0.2, 0.25) is 0 Å². The summed E-state index contributed by atoms with van der Waals surface area (Å²) in [7, 11) is 0. The van der Waals surface area contributed by atoms with E-state index in [1.54, 1.807) is 0 Å². The summed E-state index contributed by atoms with van der Waals surface area (Å²) >= 11 is 0. The van der Waals surface area contributed by atoms with Crippen molar-refractivity contribution in [2.24, 2.45) is 0 Å². The average Bonchev–Trinajstić information content (AvgIpc) is 2.34. The molecule has 0 radical (unpaired) electrons. The lowest BCUT2D eigenvalue weighted by atomic mass is 10.1. The molecule has 0 aliphatic heterocycles. The number of benzene rings is 1. The van der Waals surface area contributed by atoms with E-state index in [9.17, 15) is 13.2 Å². The predicted molar refractivity (Wildman–Crippen MR) is 72.1 cm³/mol. The quantitative estimate of drug-likeness (QED) is 0.918. The van der Waals surface area contributed by atoms with E-state index in [1.807, 2.05) is 20.8 Å². The number of ether oxygens (including phenoxy) is 1. The zero-order chi connectivity index (χ0) is 14.9. The fraction of sp³-hybridized carbons (Fsp3) is 0.357. The highest BCUT2D eigenvalue weighted by molar-refractivity contribution is 5.94. The highest BCUT2D eigenvalue weighted by Gasteiger charge is 2.31. The van der Waals surface area contributed by atoms with E-state index in [-0.39, 0.29) is 5.75 Å². The molecule has 1 aromatic carbocycles. The van der Waals surface area contributed by atoms with Crippen molar-refractivity contribution in [3.05, 3.63) is 29.5 Å². The summed E-state index contributed by atoms with van der Waals surface area (Å²) in [4.78, 5) is 4.38. The number of hydrogen-bond donors (Lipinski definition) is 1. The Morgan fingerprint density at radius 2 is 1.95 bits per heavy atom. The van der Waals surface area contributed by atoms with Gasteiger partial charge in [-0.3, -0.25) is 4.98 Å². The summed E-state index contributed by atoms with van der Waals surface area (Å²) in [6, 6.07) is 4.16. The highest BCUT2D eigenvalue weighted by atomic mass is 19.4. The molecule has 3 nitrogen and oxygen atoms in total. The van der Waals surface area contributed by atoms with Gasteiger partial charge in [0.05, 0.1) is 5.52 Å². The molecule has 0 aliphatic rings. The molecule has 2 aromatic rings. The summed E-state index contributed by atoms with van der Waals surface area (Å²) in [6.07, 6.45) is -4.70. The zero-order valence-corrected chi connectivity index (χ0v) is 11.4. The van der Waals surface area contributed by atoms with Crippen LogP contribution in [-0.2, 0) is 0 Å². The summed E-state index contributed by atoms with van der Waals surface area (Å²) < 4.78 is 40.8. The lowest BCUT2D eigenvalue weighted by Crippen LogP contribution is -2.17. The molecular weight excluding hydrogens is 269 g/mol. The predicted octanol–water partition coefficient (Wildman–Crippen LogP) is 4.18. The molecular formula is C14H15F3N2O. The van der Waals surface area contributed by atoms with E-state index in [0.717, 1.165) is 16.9 Å². The number of aromatic nitrogens is 1. The van der Waals surface area contributed by atoms with Crippen LogP contribution in [0.25, 0.3) is 10.9 Å². The molecule has 0 saturated heterocycles. The second-order valence-corrected chi connectivity index (χ2v) is 4.45. The third-order valence-corrected chi connectivity index (χ3v) is 3.03. The normalized spacial score (nSPS) is 11.7. The van der Waals surface area contributed by atoms with Crippen LogP contribution in [0, 0.1) is 13.8 Å². The first-order valence-corrected chi connectivity index (χ1v) is 6.22. The van der Waals surface area contributed by atoms with Crippen molar-refractivity contribution in [2.75, 3.05) is 11.9 Å². The first kappa shape index (κ1) is 14.4. The Labute approximate surface area is 114 Å². The topological polar surface area (TPSA) is 34.2 Å². The Morgan fingerprint density at radius 3 is 2.55 bits per heavy atom. The summed E-state index contributed by atoms with van der Waals surface area (Å²) in [6.45, 7) is 6.35.